The minimum absolute atomic E-state index is 0.104. The van der Waals surface area contributed by atoms with Crippen LogP contribution in [0.5, 0.6) is 0 Å². The molecule has 0 N–H and O–H groups in total. The van der Waals surface area contributed by atoms with Crippen LogP contribution in [0.3, 0.4) is 0 Å². The molecular formula is C10H10ClF2N. The molecular weight excluding hydrogens is 208 g/mol. The first-order valence-electron chi connectivity index (χ1n) is 4.52. The van der Waals surface area contributed by atoms with Gasteiger partial charge in [0, 0.05) is 17.1 Å². The Balaban J connectivity index is 2.22. The highest BCUT2D eigenvalue weighted by Crippen LogP contribution is 2.22. The quantitative estimate of drug-likeness (QED) is 0.737. The van der Waals surface area contributed by atoms with Crippen LogP contribution in [0.1, 0.15) is 12.0 Å². The summed E-state index contributed by atoms with van der Waals surface area (Å²) >= 11 is 5.51. The van der Waals surface area contributed by atoms with Crippen LogP contribution in [0.15, 0.2) is 12.1 Å². The normalized spacial score (nSPS) is 16.8. The van der Waals surface area contributed by atoms with Gasteiger partial charge in [-0.25, -0.2) is 8.78 Å². The predicted octanol–water partition coefficient (Wildman–Crippen LogP) is 2.82. The fraction of sp³-hybridized carbons (Fsp3) is 0.400. The molecule has 0 spiro atoms. The van der Waals surface area contributed by atoms with Crippen LogP contribution in [-0.4, -0.2) is 18.0 Å². The van der Waals surface area contributed by atoms with Gasteiger partial charge in [-0.05, 0) is 31.6 Å². The minimum atomic E-state index is -0.554. The molecule has 0 saturated carbocycles. The van der Waals surface area contributed by atoms with Gasteiger partial charge in [0.15, 0.2) is 0 Å². The second-order valence-electron chi connectivity index (χ2n) is 3.48. The first kappa shape index (κ1) is 9.87. The van der Waals surface area contributed by atoms with E-state index in [0.29, 0.717) is 6.54 Å². The molecule has 2 rings (SSSR count). The van der Waals surface area contributed by atoms with E-state index in [1.165, 1.54) is 0 Å². The molecule has 1 heterocycles. The Hall–Kier alpha value is -0.670. The number of hydrogen-bond donors (Lipinski definition) is 0. The van der Waals surface area contributed by atoms with Crippen LogP contribution >= 0.6 is 11.6 Å². The van der Waals surface area contributed by atoms with E-state index in [2.05, 4.69) is 0 Å². The van der Waals surface area contributed by atoms with Crippen molar-refractivity contribution in [2.24, 2.45) is 0 Å². The third kappa shape index (κ3) is 1.88. The zero-order chi connectivity index (χ0) is 10.1. The summed E-state index contributed by atoms with van der Waals surface area (Å²) in [6.07, 6.45) is 1.11. The Morgan fingerprint density at radius 3 is 2.21 bits per heavy atom. The summed E-state index contributed by atoms with van der Waals surface area (Å²) in [5, 5.41) is 0.104. The largest absolute Gasteiger partial charge is 0.299 e. The maximum absolute atomic E-state index is 13.3. The van der Waals surface area contributed by atoms with Crippen LogP contribution in [0.4, 0.5) is 8.78 Å². The Morgan fingerprint density at radius 2 is 1.79 bits per heavy atom. The molecule has 0 bridgehead atoms. The van der Waals surface area contributed by atoms with Crippen molar-refractivity contribution in [3.8, 4) is 0 Å². The van der Waals surface area contributed by atoms with Gasteiger partial charge in [-0.1, -0.05) is 11.6 Å². The Kier molecular flexibility index (Phi) is 2.70. The maximum Gasteiger partial charge on any atom is 0.132 e. The van der Waals surface area contributed by atoms with Gasteiger partial charge in [-0.15, -0.1) is 0 Å². The molecule has 0 atom stereocenters. The lowest BCUT2D eigenvalue weighted by atomic mass is 10.1. The summed E-state index contributed by atoms with van der Waals surface area (Å²) in [6.45, 7) is 2.18. The van der Waals surface area contributed by atoms with E-state index in [1.54, 1.807) is 0 Å². The molecule has 76 valence electrons. The molecule has 1 aliphatic rings. The molecule has 1 fully saturated rings. The van der Waals surface area contributed by atoms with Crippen molar-refractivity contribution >= 4 is 11.6 Å². The lowest BCUT2D eigenvalue weighted by Crippen LogP contribution is -2.36. The summed E-state index contributed by atoms with van der Waals surface area (Å²) in [4.78, 5) is 2.00. The third-order valence-corrected chi connectivity index (χ3v) is 2.65. The third-order valence-electron chi connectivity index (χ3n) is 2.44. The van der Waals surface area contributed by atoms with Crippen molar-refractivity contribution in [3.05, 3.63) is 34.4 Å². The van der Waals surface area contributed by atoms with E-state index in [9.17, 15) is 8.78 Å². The highest BCUT2D eigenvalue weighted by molar-refractivity contribution is 6.30. The summed E-state index contributed by atoms with van der Waals surface area (Å²) in [5.41, 5.74) is 0.120. The first-order valence-corrected chi connectivity index (χ1v) is 4.90. The van der Waals surface area contributed by atoms with Crippen LogP contribution in [-0.2, 0) is 6.54 Å². The summed E-state index contributed by atoms with van der Waals surface area (Å²) in [5.74, 6) is -1.11. The molecule has 1 saturated heterocycles. The van der Waals surface area contributed by atoms with Gasteiger partial charge in [0.1, 0.15) is 11.6 Å². The fourth-order valence-electron chi connectivity index (χ4n) is 1.49. The van der Waals surface area contributed by atoms with Crippen molar-refractivity contribution in [1.29, 1.82) is 0 Å². The summed E-state index contributed by atoms with van der Waals surface area (Å²) in [6, 6.07) is 2.31. The SMILES string of the molecule is Fc1cc(Cl)cc(F)c1CN1CCC1. The number of rotatable bonds is 2. The van der Waals surface area contributed by atoms with Crippen LogP contribution < -0.4 is 0 Å². The van der Waals surface area contributed by atoms with Gasteiger partial charge in [-0.3, -0.25) is 4.90 Å². The summed E-state index contributed by atoms with van der Waals surface area (Å²) in [7, 11) is 0. The second-order valence-corrected chi connectivity index (χ2v) is 3.91. The van der Waals surface area contributed by atoms with E-state index >= 15 is 0 Å². The van der Waals surface area contributed by atoms with E-state index < -0.39 is 11.6 Å². The Labute approximate surface area is 86.3 Å². The average Bonchev–Trinajstić information content (AvgIpc) is 1.98. The van der Waals surface area contributed by atoms with E-state index in [0.717, 1.165) is 31.6 Å². The Morgan fingerprint density at radius 1 is 1.21 bits per heavy atom. The molecule has 4 heteroatoms. The summed E-state index contributed by atoms with van der Waals surface area (Å²) < 4.78 is 26.6. The topological polar surface area (TPSA) is 3.24 Å². The molecule has 0 aliphatic carbocycles. The maximum atomic E-state index is 13.3. The van der Waals surface area contributed by atoms with Crippen LogP contribution in [0.2, 0.25) is 5.02 Å². The van der Waals surface area contributed by atoms with Gasteiger partial charge in [0.25, 0.3) is 0 Å². The highest BCUT2D eigenvalue weighted by atomic mass is 35.5. The number of likely N-dealkylation sites (tertiary alicyclic amines) is 1. The van der Waals surface area contributed by atoms with Gasteiger partial charge < -0.3 is 0 Å². The minimum Gasteiger partial charge on any atom is -0.299 e. The lowest BCUT2D eigenvalue weighted by molar-refractivity contribution is 0.168. The van der Waals surface area contributed by atoms with Crippen molar-refractivity contribution in [2.75, 3.05) is 13.1 Å². The van der Waals surface area contributed by atoms with E-state index in [-0.39, 0.29) is 10.6 Å². The molecule has 0 unspecified atom stereocenters. The Bertz CT molecular complexity index is 327. The van der Waals surface area contributed by atoms with E-state index in [1.807, 2.05) is 4.90 Å². The van der Waals surface area contributed by atoms with Crippen molar-refractivity contribution < 1.29 is 8.78 Å². The molecule has 1 aromatic carbocycles. The number of halogens is 3. The molecule has 14 heavy (non-hydrogen) atoms. The van der Waals surface area contributed by atoms with Crippen molar-refractivity contribution in [3.63, 3.8) is 0 Å². The molecule has 1 aliphatic heterocycles. The fourth-order valence-corrected chi connectivity index (χ4v) is 1.68. The van der Waals surface area contributed by atoms with Crippen LogP contribution in [0.25, 0.3) is 0 Å². The van der Waals surface area contributed by atoms with Gasteiger partial charge in [0.05, 0.1) is 0 Å². The molecule has 1 aromatic rings. The van der Waals surface area contributed by atoms with Gasteiger partial charge >= 0.3 is 0 Å². The number of nitrogens with zero attached hydrogens (tertiary/aromatic N) is 1. The van der Waals surface area contributed by atoms with Gasteiger partial charge in [0.2, 0.25) is 0 Å². The van der Waals surface area contributed by atoms with Crippen LogP contribution in [0, 0.1) is 11.6 Å². The van der Waals surface area contributed by atoms with Crippen molar-refractivity contribution in [1.82, 2.24) is 4.90 Å². The second kappa shape index (κ2) is 3.83. The molecule has 0 radical (unpaired) electrons. The van der Waals surface area contributed by atoms with E-state index in [4.69, 9.17) is 11.6 Å². The van der Waals surface area contributed by atoms with Gasteiger partial charge in [-0.2, -0.15) is 0 Å². The molecule has 0 amide bonds. The molecule has 0 aromatic heterocycles. The zero-order valence-electron chi connectivity index (χ0n) is 7.56. The average molecular weight is 218 g/mol. The smallest absolute Gasteiger partial charge is 0.132 e. The number of benzene rings is 1. The standard InChI is InChI=1S/C10H10ClF2N/c11-7-4-9(12)8(10(13)5-7)6-14-2-1-3-14/h4-5H,1-3,6H2. The van der Waals surface area contributed by atoms with Crippen molar-refractivity contribution in [2.45, 2.75) is 13.0 Å². The number of hydrogen-bond acceptors (Lipinski definition) is 1. The monoisotopic (exact) mass is 217 g/mol. The lowest BCUT2D eigenvalue weighted by Gasteiger charge is -2.30. The molecule has 1 nitrogen and oxygen atoms in total. The highest BCUT2D eigenvalue weighted by Gasteiger charge is 2.18. The zero-order valence-corrected chi connectivity index (χ0v) is 8.32. The predicted molar refractivity (Wildman–Crippen MR) is 51.3 cm³/mol. The first-order chi connectivity index (χ1) is 6.66.